The van der Waals surface area contributed by atoms with E-state index in [1.165, 1.54) is 48.5 Å². The normalized spacial score (nSPS) is 15.9. The molecule has 8 N–H and O–H groups in total. The zero-order valence-electron chi connectivity index (χ0n) is 22.1. The molecule has 1 aliphatic carbocycles. The second-order valence-electron chi connectivity index (χ2n) is 10.6. The quantitative estimate of drug-likeness (QED) is 0.121. The van der Waals surface area contributed by atoms with Crippen LogP contribution in [0.25, 0.3) is 0 Å². The fourth-order valence-electron chi connectivity index (χ4n) is 6.48. The lowest BCUT2D eigenvalue weighted by Gasteiger charge is -2.37. The fraction of sp³-hybridized carbons (Fsp3) is 0.118. The molecule has 0 aliphatic heterocycles. The van der Waals surface area contributed by atoms with Crippen LogP contribution in [0.15, 0.2) is 97.1 Å². The Kier molecular flexibility index (Phi) is 6.46. The van der Waals surface area contributed by atoms with Gasteiger partial charge in [0.15, 0.2) is 0 Å². The zero-order valence-corrected chi connectivity index (χ0v) is 22.1. The van der Waals surface area contributed by atoms with Gasteiger partial charge in [0.05, 0.1) is 0 Å². The van der Waals surface area contributed by atoms with Crippen LogP contribution < -0.4 is 0 Å². The van der Waals surface area contributed by atoms with Crippen LogP contribution in [-0.2, 0) is 0 Å². The van der Waals surface area contributed by atoms with Crippen LogP contribution in [0.2, 0.25) is 0 Å². The van der Waals surface area contributed by atoms with Crippen LogP contribution >= 0.6 is 0 Å². The van der Waals surface area contributed by atoms with Crippen molar-refractivity contribution in [1.82, 2.24) is 0 Å². The second kappa shape index (κ2) is 10.2. The van der Waals surface area contributed by atoms with E-state index in [2.05, 4.69) is 0 Å². The number of benzene rings is 5. The highest BCUT2D eigenvalue weighted by molar-refractivity contribution is 5.59. The summed E-state index contributed by atoms with van der Waals surface area (Å²) < 4.78 is 0. The van der Waals surface area contributed by atoms with Crippen molar-refractivity contribution in [1.29, 1.82) is 0 Å². The molecule has 8 heteroatoms. The molecule has 0 amide bonds. The first-order valence-electron chi connectivity index (χ1n) is 13.3. The molecule has 5 aromatic carbocycles. The van der Waals surface area contributed by atoms with Gasteiger partial charge in [-0.05, 0) is 35.4 Å². The molecule has 8 nitrogen and oxygen atoms in total. The number of aromatic hydroxyl groups is 8. The average molecular weight is 565 g/mol. The highest BCUT2D eigenvalue weighted by atomic mass is 16.3. The van der Waals surface area contributed by atoms with E-state index in [1.807, 2.05) is 24.3 Å². The van der Waals surface area contributed by atoms with Gasteiger partial charge in [-0.2, -0.15) is 0 Å². The fourth-order valence-corrected chi connectivity index (χ4v) is 6.48. The lowest BCUT2D eigenvalue weighted by Crippen LogP contribution is -2.23. The highest BCUT2D eigenvalue weighted by Crippen LogP contribution is 2.61. The maximum Gasteiger partial charge on any atom is 0.123 e. The summed E-state index contributed by atoms with van der Waals surface area (Å²) >= 11 is 0. The standard InChI is InChI=1S/C34H28O8/c35-19-4-8-23(27(39)13-19)33(24-9-5-20(36)14-28(24)40)31-17-2-1-3-18(12-17)32(31)34(25-10-6-21(37)15-29(25)41)26-11-7-22(38)16-30(26)42/h1-16,31-42H. The van der Waals surface area contributed by atoms with E-state index in [4.69, 9.17) is 0 Å². The van der Waals surface area contributed by atoms with Crippen LogP contribution in [0.3, 0.4) is 0 Å². The van der Waals surface area contributed by atoms with Gasteiger partial charge in [0, 0.05) is 70.2 Å². The minimum absolute atomic E-state index is 0.144. The number of fused-ring (bicyclic) bond motifs is 2. The molecule has 0 radical (unpaired) electrons. The second-order valence-corrected chi connectivity index (χ2v) is 10.6. The molecule has 0 heterocycles. The van der Waals surface area contributed by atoms with Gasteiger partial charge < -0.3 is 40.9 Å². The summed E-state index contributed by atoms with van der Waals surface area (Å²) in [6.07, 6.45) is 0. The van der Waals surface area contributed by atoms with Crippen LogP contribution in [0.1, 0.15) is 57.1 Å². The topological polar surface area (TPSA) is 162 Å². The molecular formula is C34H28O8. The molecule has 42 heavy (non-hydrogen) atoms. The van der Waals surface area contributed by atoms with Gasteiger partial charge in [-0.3, -0.25) is 0 Å². The zero-order chi connectivity index (χ0) is 29.7. The van der Waals surface area contributed by atoms with Crippen LogP contribution in [0.4, 0.5) is 0 Å². The van der Waals surface area contributed by atoms with E-state index < -0.39 is 23.7 Å². The number of hydrogen-bond acceptors (Lipinski definition) is 8. The molecule has 2 unspecified atom stereocenters. The molecule has 0 saturated heterocycles. The molecule has 2 bridgehead atoms. The van der Waals surface area contributed by atoms with Crippen molar-refractivity contribution in [2.75, 3.05) is 0 Å². The lowest BCUT2D eigenvalue weighted by molar-refractivity contribution is 0.396. The van der Waals surface area contributed by atoms with Gasteiger partial charge in [0.2, 0.25) is 0 Å². The minimum Gasteiger partial charge on any atom is -0.508 e. The summed E-state index contributed by atoms with van der Waals surface area (Å²) in [6, 6.07) is 24.6. The Hall–Kier alpha value is -5.50. The predicted molar refractivity (Wildman–Crippen MR) is 155 cm³/mol. The van der Waals surface area contributed by atoms with Crippen molar-refractivity contribution in [2.24, 2.45) is 0 Å². The van der Waals surface area contributed by atoms with Crippen LogP contribution in [0, 0.1) is 0 Å². The SMILES string of the molecule is Oc1ccc(C(c2ccc(O)cc2O)C2c3cccc(c3)C2C(c2ccc(O)cc2O)c2ccc(O)cc2O)c(O)c1. The van der Waals surface area contributed by atoms with Gasteiger partial charge in [0.25, 0.3) is 0 Å². The molecule has 0 saturated carbocycles. The van der Waals surface area contributed by atoms with Crippen LogP contribution in [0.5, 0.6) is 46.0 Å². The summed E-state index contributed by atoms with van der Waals surface area (Å²) in [5, 5.41) is 84.7. The maximum absolute atomic E-state index is 11.1. The molecule has 0 fully saturated rings. The third kappa shape index (κ3) is 4.53. The third-order valence-electron chi connectivity index (χ3n) is 8.18. The van der Waals surface area contributed by atoms with E-state index in [1.54, 1.807) is 24.3 Å². The smallest absolute Gasteiger partial charge is 0.123 e. The highest BCUT2D eigenvalue weighted by Gasteiger charge is 2.45. The number of rotatable bonds is 6. The summed E-state index contributed by atoms with van der Waals surface area (Å²) in [5.41, 5.74) is 3.29. The number of phenols is 8. The van der Waals surface area contributed by atoms with E-state index in [9.17, 15) is 40.9 Å². The Labute approximate surface area is 240 Å². The van der Waals surface area contributed by atoms with Crippen molar-refractivity contribution in [3.8, 4) is 46.0 Å². The summed E-state index contributed by atoms with van der Waals surface area (Å²) in [7, 11) is 0. The Morgan fingerprint density at radius 1 is 0.357 bits per heavy atom. The van der Waals surface area contributed by atoms with Gasteiger partial charge in [-0.25, -0.2) is 0 Å². The van der Waals surface area contributed by atoms with Crippen molar-refractivity contribution in [3.05, 3.63) is 130 Å². The Bertz CT molecular complexity index is 1580. The minimum atomic E-state index is -0.739. The van der Waals surface area contributed by atoms with E-state index in [0.717, 1.165) is 11.1 Å². The summed E-state index contributed by atoms with van der Waals surface area (Å²) in [5.74, 6) is -3.92. The van der Waals surface area contributed by atoms with Gasteiger partial charge in [-0.15, -0.1) is 0 Å². The summed E-state index contributed by atoms with van der Waals surface area (Å²) in [6.45, 7) is 0. The monoisotopic (exact) mass is 564 g/mol. The Morgan fingerprint density at radius 3 is 0.905 bits per heavy atom. The molecule has 6 rings (SSSR count). The van der Waals surface area contributed by atoms with E-state index in [0.29, 0.717) is 22.3 Å². The van der Waals surface area contributed by atoms with Gasteiger partial charge in [0.1, 0.15) is 46.0 Å². The Balaban J connectivity index is 1.64. The van der Waals surface area contributed by atoms with Crippen LogP contribution in [-0.4, -0.2) is 40.9 Å². The molecule has 212 valence electrons. The van der Waals surface area contributed by atoms with Crippen molar-refractivity contribution >= 4 is 0 Å². The van der Waals surface area contributed by atoms with Gasteiger partial charge >= 0.3 is 0 Å². The first-order valence-corrected chi connectivity index (χ1v) is 13.3. The average Bonchev–Trinajstić information content (AvgIpc) is 3.17. The molecule has 0 spiro atoms. The largest absolute Gasteiger partial charge is 0.508 e. The van der Waals surface area contributed by atoms with Crippen molar-refractivity contribution in [3.63, 3.8) is 0 Å². The third-order valence-corrected chi connectivity index (χ3v) is 8.18. The number of hydrogen-bond donors (Lipinski definition) is 8. The van der Waals surface area contributed by atoms with Crippen molar-refractivity contribution < 1.29 is 40.9 Å². The maximum atomic E-state index is 11.1. The number of phenolic OH excluding ortho intramolecular Hbond substituents is 8. The van der Waals surface area contributed by atoms with E-state index >= 15 is 0 Å². The molecule has 1 aliphatic rings. The first-order chi connectivity index (χ1) is 20.1. The first kappa shape index (κ1) is 26.7. The summed E-state index contributed by atoms with van der Waals surface area (Å²) in [4.78, 5) is 0. The predicted octanol–water partition coefficient (Wildman–Crippen LogP) is 6.18. The molecule has 0 aromatic heterocycles. The molecule has 5 aromatic rings. The van der Waals surface area contributed by atoms with E-state index in [-0.39, 0.29) is 46.0 Å². The van der Waals surface area contributed by atoms with Crippen molar-refractivity contribution in [2.45, 2.75) is 23.7 Å². The Morgan fingerprint density at radius 2 is 0.643 bits per heavy atom. The molecule has 2 atom stereocenters. The van der Waals surface area contributed by atoms with Gasteiger partial charge in [-0.1, -0.05) is 48.5 Å². The lowest BCUT2D eigenvalue weighted by atomic mass is 9.66. The molecular weight excluding hydrogens is 536 g/mol.